The third-order valence-corrected chi connectivity index (χ3v) is 5.36. The smallest absolute Gasteiger partial charge is 0.148 e. The molecule has 6 nitrogen and oxygen atoms in total. The lowest BCUT2D eigenvalue weighted by Crippen LogP contribution is -2.26. The number of rotatable bonds is 7. The van der Waals surface area contributed by atoms with E-state index in [2.05, 4.69) is 44.5 Å². The Morgan fingerprint density at radius 2 is 2.03 bits per heavy atom. The molecule has 0 radical (unpaired) electrons. The molecule has 29 heavy (non-hydrogen) atoms. The van der Waals surface area contributed by atoms with Gasteiger partial charge in [0.15, 0.2) is 0 Å². The first-order valence-electron chi connectivity index (χ1n) is 10.1. The fourth-order valence-corrected chi connectivity index (χ4v) is 3.94. The monoisotopic (exact) mass is 389 g/mol. The Hall–Kier alpha value is -2.99. The molecule has 1 fully saturated rings. The maximum absolute atomic E-state index is 5.25. The van der Waals surface area contributed by atoms with E-state index in [9.17, 15) is 0 Å². The Kier molecular flexibility index (Phi) is 6.00. The second-order valence-electron chi connectivity index (χ2n) is 7.43. The van der Waals surface area contributed by atoms with E-state index in [4.69, 9.17) is 9.72 Å². The van der Waals surface area contributed by atoms with Crippen LogP contribution in [-0.2, 0) is 6.42 Å². The average Bonchev–Trinajstić information content (AvgIpc) is 3.22. The molecule has 1 saturated heterocycles. The molecular weight excluding hydrogens is 362 g/mol. The largest absolute Gasteiger partial charge is 0.497 e. The molecule has 0 spiro atoms. The molecule has 0 aliphatic carbocycles. The van der Waals surface area contributed by atoms with E-state index in [1.807, 2.05) is 19.1 Å². The van der Waals surface area contributed by atoms with Crippen molar-refractivity contribution >= 4 is 11.5 Å². The maximum atomic E-state index is 5.25. The van der Waals surface area contributed by atoms with Crippen LogP contribution in [-0.4, -0.2) is 40.1 Å². The van der Waals surface area contributed by atoms with Crippen molar-refractivity contribution in [2.24, 2.45) is 0 Å². The highest BCUT2D eigenvalue weighted by Gasteiger charge is 2.27. The van der Waals surface area contributed by atoms with Gasteiger partial charge in [-0.1, -0.05) is 12.1 Å². The number of ether oxygens (including phenoxy) is 1. The van der Waals surface area contributed by atoms with Gasteiger partial charge < -0.3 is 10.1 Å². The minimum Gasteiger partial charge on any atom is -0.497 e. The zero-order valence-electron chi connectivity index (χ0n) is 17.0. The van der Waals surface area contributed by atoms with Crippen LogP contribution in [0.25, 0.3) is 0 Å². The van der Waals surface area contributed by atoms with Gasteiger partial charge in [-0.3, -0.25) is 14.9 Å². The lowest BCUT2D eigenvalue weighted by molar-refractivity contribution is 0.256. The number of methoxy groups -OCH3 is 1. The van der Waals surface area contributed by atoms with Crippen molar-refractivity contribution in [1.82, 2.24) is 19.9 Å². The fourth-order valence-electron chi connectivity index (χ4n) is 3.94. The van der Waals surface area contributed by atoms with Crippen LogP contribution in [0.3, 0.4) is 0 Å². The molecule has 1 aromatic carbocycles. The van der Waals surface area contributed by atoms with E-state index >= 15 is 0 Å². The molecule has 0 unspecified atom stereocenters. The van der Waals surface area contributed by atoms with Crippen LogP contribution in [0.1, 0.15) is 35.8 Å². The second kappa shape index (κ2) is 9.01. The zero-order chi connectivity index (χ0) is 20.1. The second-order valence-corrected chi connectivity index (χ2v) is 7.43. The number of hydrogen-bond donors (Lipinski definition) is 1. The average molecular weight is 390 g/mol. The molecule has 6 heteroatoms. The standard InChI is InChI=1S/C23H27N5O/c1-17-14-19(27-23-16-24-10-11-25-23)15-21(26-17)22-4-3-12-28(22)13-9-18-5-7-20(29-2)8-6-18/h5-8,10-11,14-16,22H,3-4,9,12-13H2,1-2H3,(H,25,26,27)/t22-/m0/s1. The number of likely N-dealkylation sites (tertiary alicyclic amines) is 1. The Morgan fingerprint density at radius 1 is 1.17 bits per heavy atom. The van der Waals surface area contributed by atoms with Crippen LogP contribution in [0, 0.1) is 6.92 Å². The predicted octanol–water partition coefficient (Wildman–Crippen LogP) is 4.31. The molecule has 1 aliphatic heterocycles. The summed E-state index contributed by atoms with van der Waals surface area (Å²) in [6.45, 7) is 4.19. The third kappa shape index (κ3) is 4.90. The fraction of sp³-hybridized carbons (Fsp3) is 0.348. The van der Waals surface area contributed by atoms with Crippen molar-refractivity contribution in [3.05, 3.63) is 71.9 Å². The maximum Gasteiger partial charge on any atom is 0.148 e. The Balaban J connectivity index is 1.46. The SMILES string of the molecule is COc1ccc(CCN2CCC[C@H]2c2cc(Nc3cnccn3)cc(C)n2)cc1. The van der Waals surface area contributed by atoms with Gasteiger partial charge in [0.2, 0.25) is 0 Å². The first-order chi connectivity index (χ1) is 14.2. The Bertz CT molecular complexity index is 930. The van der Waals surface area contributed by atoms with Gasteiger partial charge in [-0.05, 0) is 62.6 Å². The van der Waals surface area contributed by atoms with Gasteiger partial charge in [-0.25, -0.2) is 4.98 Å². The molecule has 2 aromatic heterocycles. The van der Waals surface area contributed by atoms with Gasteiger partial charge in [-0.2, -0.15) is 0 Å². The molecule has 1 aliphatic rings. The van der Waals surface area contributed by atoms with Crippen molar-refractivity contribution in [2.75, 3.05) is 25.5 Å². The van der Waals surface area contributed by atoms with Gasteiger partial charge in [0, 0.05) is 30.3 Å². The summed E-state index contributed by atoms with van der Waals surface area (Å²) in [6, 6.07) is 12.9. The summed E-state index contributed by atoms with van der Waals surface area (Å²) in [6.07, 6.45) is 8.46. The summed E-state index contributed by atoms with van der Waals surface area (Å²) in [5, 5.41) is 3.35. The number of pyridine rings is 1. The minimum absolute atomic E-state index is 0.357. The summed E-state index contributed by atoms with van der Waals surface area (Å²) in [7, 11) is 1.70. The highest BCUT2D eigenvalue weighted by Crippen LogP contribution is 2.32. The molecule has 4 rings (SSSR count). The Morgan fingerprint density at radius 3 is 2.79 bits per heavy atom. The molecule has 3 aromatic rings. The van der Waals surface area contributed by atoms with Crippen LogP contribution in [0.15, 0.2) is 55.0 Å². The number of nitrogens with zero attached hydrogens (tertiary/aromatic N) is 4. The van der Waals surface area contributed by atoms with E-state index in [0.717, 1.165) is 54.6 Å². The molecule has 0 bridgehead atoms. The quantitative estimate of drug-likeness (QED) is 0.650. The first kappa shape index (κ1) is 19.3. The van der Waals surface area contributed by atoms with Crippen molar-refractivity contribution < 1.29 is 4.74 Å². The Labute approximate surface area is 172 Å². The van der Waals surface area contributed by atoms with Crippen LogP contribution in [0.2, 0.25) is 0 Å². The van der Waals surface area contributed by atoms with E-state index < -0.39 is 0 Å². The van der Waals surface area contributed by atoms with Gasteiger partial charge in [0.1, 0.15) is 11.6 Å². The summed E-state index contributed by atoms with van der Waals surface area (Å²) in [4.78, 5) is 15.8. The molecule has 0 saturated carbocycles. The number of benzene rings is 1. The summed E-state index contributed by atoms with van der Waals surface area (Å²) >= 11 is 0. The normalized spacial score (nSPS) is 16.7. The van der Waals surface area contributed by atoms with E-state index in [0.29, 0.717) is 6.04 Å². The van der Waals surface area contributed by atoms with Crippen LogP contribution < -0.4 is 10.1 Å². The summed E-state index contributed by atoms with van der Waals surface area (Å²) in [5.74, 6) is 1.65. The number of anilines is 2. The lowest BCUT2D eigenvalue weighted by Gasteiger charge is -2.25. The van der Waals surface area contributed by atoms with Gasteiger partial charge >= 0.3 is 0 Å². The number of hydrogen-bond acceptors (Lipinski definition) is 6. The van der Waals surface area contributed by atoms with Gasteiger partial charge in [-0.15, -0.1) is 0 Å². The van der Waals surface area contributed by atoms with Crippen molar-refractivity contribution in [3.63, 3.8) is 0 Å². The van der Waals surface area contributed by atoms with Crippen LogP contribution in [0.4, 0.5) is 11.5 Å². The van der Waals surface area contributed by atoms with Gasteiger partial charge in [0.05, 0.1) is 25.0 Å². The predicted molar refractivity (Wildman–Crippen MR) is 115 cm³/mol. The van der Waals surface area contributed by atoms with Crippen molar-refractivity contribution in [3.8, 4) is 5.75 Å². The van der Waals surface area contributed by atoms with Crippen molar-refractivity contribution in [2.45, 2.75) is 32.2 Å². The van der Waals surface area contributed by atoms with E-state index in [1.165, 1.54) is 12.0 Å². The number of aryl methyl sites for hydroxylation is 1. The van der Waals surface area contributed by atoms with Crippen LogP contribution in [0.5, 0.6) is 5.75 Å². The van der Waals surface area contributed by atoms with E-state index in [-0.39, 0.29) is 0 Å². The molecule has 3 heterocycles. The zero-order valence-corrected chi connectivity index (χ0v) is 17.0. The lowest BCUT2D eigenvalue weighted by atomic mass is 10.1. The summed E-state index contributed by atoms with van der Waals surface area (Å²) in [5.41, 5.74) is 4.48. The van der Waals surface area contributed by atoms with Crippen molar-refractivity contribution in [1.29, 1.82) is 0 Å². The number of nitrogens with one attached hydrogen (secondary N) is 1. The highest BCUT2D eigenvalue weighted by molar-refractivity contribution is 5.56. The van der Waals surface area contributed by atoms with E-state index in [1.54, 1.807) is 25.7 Å². The third-order valence-electron chi connectivity index (χ3n) is 5.36. The van der Waals surface area contributed by atoms with Crippen LogP contribution >= 0.6 is 0 Å². The first-order valence-corrected chi connectivity index (χ1v) is 10.1. The topological polar surface area (TPSA) is 63.2 Å². The number of aromatic nitrogens is 3. The molecule has 1 atom stereocenters. The molecule has 1 N–H and O–H groups in total. The molecular formula is C23H27N5O. The molecule has 150 valence electrons. The minimum atomic E-state index is 0.357. The molecule has 0 amide bonds. The summed E-state index contributed by atoms with van der Waals surface area (Å²) < 4.78 is 5.25. The van der Waals surface area contributed by atoms with Gasteiger partial charge in [0.25, 0.3) is 0 Å². The highest BCUT2D eigenvalue weighted by atomic mass is 16.5.